The largest absolute Gasteiger partial charge is 0.437 e. The first kappa shape index (κ1) is 37.6. The number of benzene rings is 4. The first-order chi connectivity index (χ1) is 24.4. The molecule has 0 unspecified atom stereocenters. The number of anilines is 2. The van der Waals surface area contributed by atoms with Gasteiger partial charge in [0.15, 0.2) is 11.4 Å². The Hall–Kier alpha value is -5.62. The predicted octanol–water partition coefficient (Wildman–Crippen LogP) is 8.94. The van der Waals surface area contributed by atoms with E-state index in [1.54, 1.807) is 24.3 Å². The Balaban J connectivity index is 0.000000201. The molecule has 2 aromatic heterocycles. The summed E-state index contributed by atoms with van der Waals surface area (Å²) >= 11 is 0. The van der Waals surface area contributed by atoms with Gasteiger partial charge in [-0.2, -0.15) is 26.3 Å². The summed E-state index contributed by atoms with van der Waals surface area (Å²) < 4.78 is 139. The third-order valence-corrected chi connectivity index (χ3v) is 10.1. The van der Waals surface area contributed by atoms with E-state index in [9.17, 15) is 43.2 Å². The summed E-state index contributed by atoms with van der Waals surface area (Å²) in [7, 11) is -8.24. The van der Waals surface area contributed by atoms with E-state index in [2.05, 4.69) is 19.4 Å². The summed E-state index contributed by atoms with van der Waals surface area (Å²) in [6.45, 7) is 2.16. The summed E-state index contributed by atoms with van der Waals surface area (Å²) in [6.07, 6.45) is -9.46. The zero-order chi connectivity index (χ0) is 37.9. The van der Waals surface area contributed by atoms with E-state index < -0.39 is 66.7 Å². The lowest BCUT2D eigenvalue weighted by molar-refractivity contribution is -0.143. The smallest absolute Gasteiger partial charge is 0.337 e. The average molecular weight is 765 g/mol. The number of hydrogen-bond donors (Lipinski definition) is 2. The molecule has 2 heterocycles. The molecule has 272 valence electrons. The van der Waals surface area contributed by atoms with Crippen LogP contribution in [0.25, 0.3) is 22.3 Å². The van der Waals surface area contributed by atoms with E-state index in [0.29, 0.717) is 0 Å². The van der Waals surface area contributed by atoms with Crippen LogP contribution in [0.4, 0.5) is 38.1 Å². The highest BCUT2D eigenvalue weighted by atomic mass is 32.2. The van der Waals surface area contributed by atoms with Crippen LogP contribution in [-0.2, 0) is 32.4 Å². The fourth-order valence-corrected chi connectivity index (χ4v) is 6.76. The molecule has 0 amide bonds. The van der Waals surface area contributed by atoms with Gasteiger partial charge in [0, 0.05) is 11.1 Å². The molecule has 2 N–H and O–H groups in total. The second kappa shape index (κ2) is 14.5. The van der Waals surface area contributed by atoms with E-state index in [1.165, 1.54) is 24.3 Å². The normalized spacial score (nSPS) is 12.2. The number of halogens is 6. The number of hydrogen-bond acceptors (Lipinski definition) is 8. The number of nitrogens with one attached hydrogen (secondary N) is 2. The molecule has 10 nitrogen and oxygen atoms in total. The van der Waals surface area contributed by atoms with Crippen molar-refractivity contribution in [1.82, 2.24) is 10.3 Å². The fraction of sp³-hybridized carbons (Fsp3) is 0.118. The molecule has 0 fully saturated rings. The first-order valence-corrected chi connectivity index (χ1v) is 17.8. The summed E-state index contributed by atoms with van der Waals surface area (Å²) in [6, 6.07) is 30.5. The standard InChI is InChI=1S/2C17H13F3N2O3S/c2*1-11-15(17(18,19)20)21-25-16(11)22-26(23,24)14-9-7-13(8-10-14)12-5-3-2-4-6-12/h2*2-10,22H,1H3. The molecule has 52 heavy (non-hydrogen) atoms. The van der Waals surface area contributed by atoms with Crippen LogP contribution in [0.5, 0.6) is 0 Å². The lowest BCUT2D eigenvalue weighted by Crippen LogP contribution is -2.13. The molecular formula is C34H26F6N4O6S2. The molecule has 18 heteroatoms. The molecule has 0 aliphatic rings. The van der Waals surface area contributed by atoms with Gasteiger partial charge in [-0.15, -0.1) is 0 Å². The monoisotopic (exact) mass is 764 g/mol. The minimum absolute atomic E-state index is 0.110. The van der Waals surface area contributed by atoms with Crippen molar-refractivity contribution >= 4 is 31.8 Å². The Kier molecular flexibility index (Phi) is 10.5. The summed E-state index contributed by atoms with van der Waals surface area (Å²) in [4.78, 5) is -0.219. The molecule has 4 aromatic carbocycles. The van der Waals surface area contributed by atoms with Crippen molar-refractivity contribution in [3.63, 3.8) is 0 Å². The highest BCUT2D eigenvalue weighted by Crippen LogP contribution is 2.36. The molecular weight excluding hydrogens is 739 g/mol. The van der Waals surface area contributed by atoms with E-state index in [-0.39, 0.29) is 9.79 Å². The van der Waals surface area contributed by atoms with Gasteiger partial charge >= 0.3 is 12.4 Å². The summed E-state index contributed by atoms with van der Waals surface area (Å²) in [5, 5.41) is 5.78. The van der Waals surface area contributed by atoms with Gasteiger partial charge < -0.3 is 9.05 Å². The molecule has 0 radical (unpaired) electrons. The van der Waals surface area contributed by atoms with Crippen molar-refractivity contribution < 1.29 is 52.2 Å². The topological polar surface area (TPSA) is 144 Å². The molecule has 0 spiro atoms. The lowest BCUT2D eigenvalue weighted by Gasteiger charge is -2.07. The van der Waals surface area contributed by atoms with Gasteiger partial charge in [-0.25, -0.2) is 26.3 Å². The van der Waals surface area contributed by atoms with Gasteiger partial charge in [-0.05, 0) is 60.4 Å². The van der Waals surface area contributed by atoms with Gasteiger partial charge in [0.25, 0.3) is 20.0 Å². The number of sulfonamides is 2. The van der Waals surface area contributed by atoms with Crippen LogP contribution < -0.4 is 9.44 Å². The lowest BCUT2D eigenvalue weighted by atomic mass is 10.1. The zero-order valence-corrected chi connectivity index (χ0v) is 28.5. The van der Waals surface area contributed by atoms with Gasteiger partial charge in [-0.1, -0.05) is 95.2 Å². The van der Waals surface area contributed by atoms with Crippen LogP contribution in [0.15, 0.2) is 128 Å². The summed E-state index contributed by atoms with van der Waals surface area (Å²) in [5.41, 5.74) is 0.0309. The molecule has 6 aromatic rings. The Labute approximate surface area is 293 Å². The van der Waals surface area contributed by atoms with Crippen LogP contribution in [0.2, 0.25) is 0 Å². The molecule has 0 saturated carbocycles. The molecule has 0 aliphatic heterocycles. The molecule has 0 atom stereocenters. The van der Waals surface area contributed by atoms with E-state index in [4.69, 9.17) is 0 Å². The number of rotatable bonds is 8. The van der Waals surface area contributed by atoms with Crippen molar-refractivity contribution in [2.24, 2.45) is 0 Å². The quantitative estimate of drug-likeness (QED) is 0.146. The molecule has 6 rings (SSSR count). The molecule has 0 aliphatic carbocycles. The highest BCUT2D eigenvalue weighted by Gasteiger charge is 2.39. The van der Waals surface area contributed by atoms with Crippen molar-refractivity contribution in [1.29, 1.82) is 0 Å². The van der Waals surface area contributed by atoms with Crippen LogP contribution in [0.3, 0.4) is 0 Å². The van der Waals surface area contributed by atoms with Crippen molar-refractivity contribution in [2.75, 3.05) is 9.44 Å². The molecule has 0 saturated heterocycles. The van der Waals surface area contributed by atoms with E-state index >= 15 is 0 Å². The second-order valence-corrected chi connectivity index (χ2v) is 14.3. The summed E-state index contributed by atoms with van der Waals surface area (Å²) in [5.74, 6) is -1.13. The van der Waals surface area contributed by atoms with Gasteiger partial charge in [0.05, 0.1) is 9.79 Å². The second-order valence-electron chi connectivity index (χ2n) is 11.0. The van der Waals surface area contributed by atoms with Crippen LogP contribution in [-0.4, -0.2) is 27.1 Å². The van der Waals surface area contributed by atoms with Gasteiger partial charge in [-0.3, -0.25) is 0 Å². The van der Waals surface area contributed by atoms with E-state index in [0.717, 1.165) is 36.1 Å². The number of nitrogens with zero attached hydrogens (tertiary/aromatic N) is 2. The third-order valence-electron chi connectivity index (χ3n) is 7.38. The minimum atomic E-state index is -4.73. The van der Waals surface area contributed by atoms with Crippen molar-refractivity contribution in [3.8, 4) is 22.3 Å². The number of alkyl halides is 6. The van der Waals surface area contributed by atoms with Crippen LogP contribution in [0.1, 0.15) is 22.5 Å². The van der Waals surface area contributed by atoms with E-state index in [1.807, 2.05) is 70.1 Å². The number of aromatic nitrogens is 2. The first-order valence-electron chi connectivity index (χ1n) is 14.8. The van der Waals surface area contributed by atoms with Crippen molar-refractivity contribution in [3.05, 3.63) is 132 Å². The Bertz CT molecular complexity index is 2190. The third kappa shape index (κ3) is 8.63. The minimum Gasteiger partial charge on any atom is -0.337 e. The fourth-order valence-electron chi connectivity index (χ4n) is 4.67. The Morgan fingerprint density at radius 3 is 1.04 bits per heavy atom. The molecule has 0 bridgehead atoms. The Morgan fingerprint density at radius 1 is 0.481 bits per heavy atom. The van der Waals surface area contributed by atoms with Gasteiger partial charge in [0.2, 0.25) is 11.8 Å². The van der Waals surface area contributed by atoms with Crippen LogP contribution in [0, 0.1) is 13.8 Å². The highest BCUT2D eigenvalue weighted by molar-refractivity contribution is 7.93. The van der Waals surface area contributed by atoms with Crippen molar-refractivity contribution in [2.45, 2.75) is 36.0 Å². The predicted molar refractivity (Wildman–Crippen MR) is 178 cm³/mol. The SMILES string of the molecule is Cc1c(C(F)(F)F)noc1NS(=O)(=O)c1ccc(-c2ccccc2)cc1.Cc1c(C(F)(F)F)noc1NS(=O)(=O)c1ccc(-c2ccccc2)cc1. The zero-order valence-electron chi connectivity index (χ0n) is 26.8. The maximum absolute atomic E-state index is 12.7. The Morgan fingerprint density at radius 2 is 0.769 bits per heavy atom. The van der Waals surface area contributed by atoms with Crippen LogP contribution >= 0.6 is 0 Å². The maximum Gasteiger partial charge on any atom is 0.437 e. The average Bonchev–Trinajstić information content (AvgIpc) is 3.66. The maximum atomic E-state index is 12.7. The van der Waals surface area contributed by atoms with Gasteiger partial charge in [0.1, 0.15) is 0 Å².